The number of aromatic amines is 1. The van der Waals surface area contributed by atoms with Gasteiger partial charge in [0.1, 0.15) is 16.4 Å². The van der Waals surface area contributed by atoms with Gasteiger partial charge in [-0.3, -0.25) is 9.78 Å². The van der Waals surface area contributed by atoms with Crippen LogP contribution >= 0.6 is 11.3 Å². The second-order valence-electron chi connectivity index (χ2n) is 7.73. The number of H-pyrrole nitrogens is 1. The quantitative estimate of drug-likeness (QED) is 0.564. The van der Waals surface area contributed by atoms with Crippen LogP contribution in [0, 0.1) is 0 Å². The van der Waals surface area contributed by atoms with E-state index in [1.165, 1.54) is 11.3 Å². The predicted octanol–water partition coefficient (Wildman–Crippen LogP) is 2.29. The van der Waals surface area contributed by atoms with Gasteiger partial charge < -0.3 is 20.3 Å². The molecule has 2 aliphatic rings. The second kappa shape index (κ2) is 8.13. The summed E-state index contributed by atoms with van der Waals surface area (Å²) in [5, 5.41) is 6.36. The van der Waals surface area contributed by atoms with E-state index in [0.29, 0.717) is 43.8 Å². The Morgan fingerprint density at radius 1 is 1.23 bits per heavy atom. The summed E-state index contributed by atoms with van der Waals surface area (Å²) in [4.78, 5) is 27.2. The minimum Gasteiger partial charge on any atom is -0.378 e. The van der Waals surface area contributed by atoms with Crippen molar-refractivity contribution in [2.75, 3.05) is 49.6 Å². The summed E-state index contributed by atoms with van der Waals surface area (Å²) in [6.07, 6.45) is -0.333. The van der Waals surface area contributed by atoms with Gasteiger partial charge in [-0.25, -0.2) is 13.8 Å². The lowest BCUT2D eigenvalue weighted by molar-refractivity contribution is -0.0244. The van der Waals surface area contributed by atoms with Crippen LogP contribution in [0.4, 0.5) is 20.5 Å². The van der Waals surface area contributed by atoms with Crippen LogP contribution in [-0.2, 0) is 4.74 Å². The highest BCUT2D eigenvalue weighted by atomic mass is 32.1. The number of rotatable bonds is 4. The molecule has 2 aliphatic heterocycles. The molecule has 0 saturated carbocycles. The number of morpholine rings is 1. The van der Waals surface area contributed by atoms with Crippen LogP contribution in [0.15, 0.2) is 29.1 Å². The molecule has 2 aromatic heterocycles. The van der Waals surface area contributed by atoms with Crippen molar-refractivity contribution in [3.8, 4) is 10.6 Å². The fraction of sp³-hybridized carbons (Fsp3) is 0.450. The van der Waals surface area contributed by atoms with Gasteiger partial charge in [-0.2, -0.15) is 4.98 Å². The number of nitrogens with zero attached hydrogens (tertiary/aromatic N) is 3. The number of anilines is 2. The average molecular weight is 448 g/mol. The summed E-state index contributed by atoms with van der Waals surface area (Å²) in [7, 11) is 0. The van der Waals surface area contributed by atoms with Gasteiger partial charge >= 0.3 is 0 Å². The number of piperidine rings is 1. The number of aromatic nitrogens is 3. The summed E-state index contributed by atoms with van der Waals surface area (Å²) in [6.45, 7) is 2.25. The van der Waals surface area contributed by atoms with Crippen LogP contribution in [0.1, 0.15) is 6.42 Å². The van der Waals surface area contributed by atoms with Crippen molar-refractivity contribution in [3.05, 3.63) is 34.6 Å². The lowest BCUT2D eigenvalue weighted by atomic mass is 10.0. The number of thiazole rings is 1. The van der Waals surface area contributed by atoms with E-state index in [-0.39, 0.29) is 29.9 Å². The second-order valence-corrected chi connectivity index (χ2v) is 8.76. The Kier molecular flexibility index (Phi) is 5.32. The Balaban J connectivity index is 1.57. The molecule has 1 aromatic carbocycles. The van der Waals surface area contributed by atoms with E-state index in [1.54, 1.807) is 0 Å². The molecule has 11 heteroatoms. The molecule has 2 fully saturated rings. The van der Waals surface area contributed by atoms with E-state index in [9.17, 15) is 13.6 Å². The zero-order chi connectivity index (χ0) is 21.4. The Morgan fingerprint density at radius 2 is 2.03 bits per heavy atom. The molecule has 0 spiro atoms. The van der Waals surface area contributed by atoms with Crippen LogP contribution in [-0.4, -0.2) is 66.3 Å². The van der Waals surface area contributed by atoms with Gasteiger partial charge in [0.25, 0.3) is 11.5 Å². The monoisotopic (exact) mass is 448 g/mol. The number of hydrogen-bond acceptors (Lipinski definition) is 8. The highest BCUT2D eigenvalue weighted by molar-refractivity contribution is 7.21. The van der Waals surface area contributed by atoms with E-state index in [1.807, 2.05) is 29.2 Å². The Morgan fingerprint density at radius 3 is 2.81 bits per heavy atom. The molecule has 3 aromatic rings. The van der Waals surface area contributed by atoms with E-state index < -0.39 is 12.0 Å². The number of fused-ring (bicyclic) bond motifs is 1. The summed E-state index contributed by atoms with van der Waals surface area (Å²) < 4.78 is 34.2. The fourth-order valence-electron chi connectivity index (χ4n) is 3.90. The maximum atomic E-state index is 13.9. The van der Waals surface area contributed by atoms with Gasteiger partial charge in [0, 0.05) is 32.1 Å². The molecular formula is C20H22F2N6O2S. The largest absolute Gasteiger partial charge is 0.378 e. The van der Waals surface area contributed by atoms with Gasteiger partial charge in [-0.05, 0) is 12.1 Å². The van der Waals surface area contributed by atoms with E-state index in [2.05, 4.69) is 25.6 Å². The SMILES string of the molecule is O=c1[nH]c(N2CCOCC2)nc(N[C@H]2CNCC(F)(F)C2)c1-c1nc2ccccc2s1. The summed E-state index contributed by atoms with van der Waals surface area (Å²) in [6, 6.07) is 7.02. The molecule has 3 N–H and O–H groups in total. The molecule has 0 aliphatic carbocycles. The Bertz CT molecular complexity index is 1110. The van der Waals surface area contributed by atoms with Gasteiger partial charge in [0.15, 0.2) is 0 Å². The standard InChI is InChI=1S/C20H22F2N6O2S/c21-20(22)9-12(10-23-11-20)24-16-15(18-25-13-3-1-2-4-14(13)31-18)17(29)27-19(26-16)28-5-7-30-8-6-28/h1-4,12,23H,5-11H2,(H2,24,26,27,29)/t12-/m1/s1. The molecule has 0 radical (unpaired) electrons. The van der Waals surface area contributed by atoms with Gasteiger partial charge in [-0.1, -0.05) is 12.1 Å². The number of hydrogen-bond donors (Lipinski definition) is 3. The molecule has 1 atom stereocenters. The number of benzene rings is 1. The third kappa shape index (κ3) is 4.25. The van der Waals surface area contributed by atoms with E-state index >= 15 is 0 Å². The number of para-hydroxylation sites is 1. The number of ether oxygens (including phenoxy) is 1. The molecule has 31 heavy (non-hydrogen) atoms. The number of halogens is 2. The molecule has 4 heterocycles. The summed E-state index contributed by atoms with van der Waals surface area (Å²) in [5.74, 6) is -2.15. The summed E-state index contributed by atoms with van der Waals surface area (Å²) >= 11 is 1.37. The van der Waals surface area contributed by atoms with Crippen LogP contribution < -0.4 is 21.1 Å². The topological polar surface area (TPSA) is 95.2 Å². The van der Waals surface area contributed by atoms with Crippen LogP contribution in [0.5, 0.6) is 0 Å². The first-order chi connectivity index (χ1) is 15.0. The molecule has 164 valence electrons. The van der Waals surface area contributed by atoms with Crippen molar-refractivity contribution >= 4 is 33.3 Å². The minimum absolute atomic E-state index is 0.270. The van der Waals surface area contributed by atoms with E-state index in [4.69, 9.17) is 4.74 Å². The average Bonchev–Trinajstić information content (AvgIpc) is 3.17. The third-order valence-electron chi connectivity index (χ3n) is 5.39. The van der Waals surface area contributed by atoms with Crippen molar-refractivity contribution in [2.24, 2.45) is 0 Å². The number of nitrogens with one attached hydrogen (secondary N) is 3. The van der Waals surface area contributed by atoms with Crippen LogP contribution in [0.25, 0.3) is 20.8 Å². The van der Waals surface area contributed by atoms with Gasteiger partial charge in [0.05, 0.1) is 30.0 Å². The molecule has 2 saturated heterocycles. The smallest absolute Gasteiger partial charge is 0.264 e. The molecular weight excluding hydrogens is 426 g/mol. The van der Waals surface area contributed by atoms with E-state index in [0.717, 1.165) is 10.2 Å². The Labute approximate surface area is 180 Å². The molecule has 5 rings (SSSR count). The van der Waals surface area contributed by atoms with Crippen molar-refractivity contribution in [2.45, 2.75) is 18.4 Å². The minimum atomic E-state index is -2.82. The summed E-state index contributed by atoms with van der Waals surface area (Å²) in [5.41, 5.74) is 0.691. The first-order valence-corrected chi connectivity index (χ1v) is 11.0. The first kappa shape index (κ1) is 20.3. The molecule has 0 bridgehead atoms. The fourth-order valence-corrected chi connectivity index (χ4v) is 4.91. The lowest BCUT2D eigenvalue weighted by Gasteiger charge is -2.31. The van der Waals surface area contributed by atoms with Crippen molar-refractivity contribution in [1.82, 2.24) is 20.3 Å². The predicted molar refractivity (Wildman–Crippen MR) is 116 cm³/mol. The zero-order valence-electron chi connectivity index (χ0n) is 16.7. The zero-order valence-corrected chi connectivity index (χ0v) is 17.5. The first-order valence-electron chi connectivity index (χ1n) is 10.2. The normalized spacial score (nSPS) is 21.4. The molecule has 0 unspecified atom stereocenters. The number of alkyl halides is 2. The highest BCUT2D eigenvalue weighted by Gasteiger charge is 2.37. The van der Waals surface area contributed by atoms with Crippen LogP contribution in [0.3, 0.4) is 0 Å². The maximum Gasteiger partial charge on any atom is 0.264 e. The van der Waals surface area contributed by atoms with Gasteiger partial charge in [-0.15, -0.1) is 11.3 Å². The maximum absolute atomic E-state index is 13.9. The van der Waals surface area contributed by atoms with Crippen molar-refractivity contribution in [3.63, 3.8) is 0 Å². The van der Waals surface area contributed by atoms with Gasteiger partial charge in [0.2, 0.25) is 5.95 Å². The van der Waals surface area contributed by atoms with Crippen molar-refractivity contribution < 1.29 is 13.5 Å². The molecule has 0 amide bonds. The molecule has 8 nitrogen and oxygen atoms in total. The lowest BCUT2D eigenvalue weighted by Crippen LogP contribution is -2.49. The van der Waals surface area contributed by atoms with Crippen molar-refractivity contribution in [1.29, 1.82) is 0 Å². The van der Waals surface area contributed by atoms with Crippen LogP contribution in [0.2, 0.25) is 0 Å². The highest BCUT2D eigenvalue weighted by Crippen LogP contribution is 2.33. The third-order valence-corrected chi connectivity index (χ3v) is 6.44. The Hall–Kier alpha value is -2.63.